The smallest absolute Gasteiger partial charge is 0.416 e. The minimum absolute atomic E-state index is 0.0706. The van der Waals surface area contributed by atoms with Gasteiger partial charge in [0.05, 0.1) is 17.7 Å². The Bertz CT molecular complexity index is 809. The van der Waals surface area contributed by atoms with Gasteiger partial charge < -0.3 is 14.8 Å². The van der Waals surface area contributed by atoms with Crippen LogP contribution in [0.3, 0.4) is 0 Å². The van der Waals surface area contributed by atoms with E-state index in [0.717, 1.165) is 12.5 Å². The Morgan fingerprint density at radius 2 is 1.94 bits per heavy atom. The predicted octanol–water partition coefficient (Wildman–Crippen LogP) is 4.99. The molecule has 0 aliphatic carbocycles. The molecule has 1 saturated heterocycles. The maximum absolute atomic E-state index is 13.7. The number of hydrogen-bond acceptors (Lipinski definition) is 5. The summed E-state index contributed by atoms with van der Waals surface area (Å²) in [4.78, 5) is 25.6. The van der Waals surface area contributed by atoms with Gasteiger partial charge in [-0.1, -0.05) is 15.9 Å². The number of halogens is 4. The van der Waals surface area contributed by atoms with Crippen LogP contribution in [0.5, 0.6) is 0 Å². The quantitative estimate of drug-likeness (QED) is 0.548. The molecule has 1 aromatic rings. The number of rotatable bonds is 6. The first-order chi connectivity index (χ1) is 14.3. The van der Waals surface area contributed by atoms with Gasteiger partial charge in [-0.25, -0.2) is 9.59 Å². The van der Waals surface area contributed by atoms with Crippen molar-refractivity contribution < 1.29 is 32.2 Å². The van der Waals surface area contributed by atoms with Gasteiger partial charge in [0.15, 0.2) is 0 Å². The van der Waals surface area contributed by atoms with E-state index in [-0.39, 0.29) is 34.7 Å². The van der Waals surface area contributed by atoms with Crippen molar-refractivity contribution in [1.29, 1.82) is 0 Å². The number of alkyl carbamates (subject to hydrolysis) is 1. The maximum Gasteiger partial charge on any atom is 0.416 e. The Labute approximate surface area is 188 Å². The monoisotopic (exact) mass is 508 g/mol. The minimum atomic E-state index is -4.61. The fraction of sp³-hybridized carbons (Fsp3) is 0.619. The summed E-state index contributed by atoms with van der Waals surface area (Å²) in [5.74, 6) is -0.686. The average molecular weight is 509 g/mol. The molecule has 0 unspecified atom stereocenters. The van der Waals surface area contributed by atoms with Crippen molar-refractivity contribution in [3.63, 3.8) is 0 Å². The molecule has 0 spiro atoms. The number of nitrogens with zero attached hydrogens (tertiary/aromatic N) is 1. The second-order valence-corrected chi connectivity index (χ2v) is 9.33. The molecule has 31 heavy (non-hydrogen) atoms. The lowest BCUT2D eigenvalue weighted by Gasteiger charge is -2.22. The molecule has 1 atom stereocenters. The molecule has 2 rings (SSSR count). The summed E-state index contributed by atoms with van der Waals surface area (Å²) < 4.78 is 51.3. The fourth-order valence-electron chi connectivity index (χ4n) is 3.37. The topological polar surface area (TPSA) is 67.9 Å². The molecule has 1 amide bonds. The van der Waals surface area contributed by atoms with E-state index in [1.54, 1.807) is 27.7 Å². The molecule has 0 saturated carbocycles. The van der Waals surface area contributed by atoms with Crippen LogP contribution in [0.4, 0.5) is 18.0 Å². The fourth-order valence-corrected chi connectivity index (χ4v) is 3.96. The number of hydrogen-bond donors (Lipinski definition) is 1. The Hall–Kier alpha value is -1.81. The van der Waals surface area contributed by atoms with Gasteiger partial charge in [-0.3, -0.25) is 4.90 Å². The molecule has 6 nitrogen and oxygen atoms in total. The van der Waals surface area contributed by atoms with Gasteiger partial charge in [0.1, 0.15) is 5.60 Å². The normalized spacial score (nSPS) is 17.5. The molecule has 10 heteroatoms. The van der Waals surface area contributed by atoms with Gasteiger partial charge in [-0.2, -0.15) is 13.2 Å². The van der Waals surface area contributed by atoms with Crippen LogP contribution in [0, 0.1) is 5.92 Å². The van der Waals surface area contributed by atoms with E-state index < -0.39 is 29.4 Å². The summed E-state index contributed by atoms with van der Waals surface area (Å²) in [6, 6.07) is 2.20. The highest BCUT2D eigenvalue weighted by atomic mass is 79.9. The third-order valence-corrected chi connectivity index (χ3v) is 5.41. The van der Waals surface area contributed by atoms with Gasteiger partial charge in [-0.15, -0.1) is 0 Å². The van der Waals surface area contributed by atoms with E-state index in [9.17, 15) is 22.8 Å². The van der Waals surface area contributed by atoms with Gasteiger partial charge >= 0.3 is 18.2 Å². The lowest BCUT2D eigenvalue weighted by molar-refractivity contribution is -0.138. The molecule has 0 aromatic heterocycles. The summed E-state index contributed by atoms with van der Waals surface area (Å²) >= 11 is 3.20. The first-order valence-corrected chi connectivity index (χ1v) is 10.9. The third-order valence-electron chi connectivity index (χ3n) is 4.70. The number of ether oxygens (including phenoxy) is 2. The van der Waals surface area contributed by atoms with E-state index in [4.69, 9.17) is 9.47 Å². The zero-order valence-electron chi connectivity index (χ0n) is 18.1. The van der Waals surface area contributed by atoms with E-state index in [1.165, 1.54) is 6.07 Å². The Morgan fingerprint density at radius 3 is 2.52 bits per heavy atom. The summed E-state index contributed by atoms with van der Waals surface area (Å²) in [6.45, 7) is 8.58. The molecule has 174 valence electrons. The third kappa shape index (κ3) is 7.68. The van der Waals surface area contributed by atoms with Crippen LogP contribution < -0.4 is 5.32 Å². The van der Waals surface area contributed by atoms with Gasteiger partial charge in [0.25, 0.3) is 0 Å². The van der Waals surface area contributed by atoms with Crippen molar-refractivity contribution in [3.8, 4) is 0 Å². The molecule has 1 aliphatic heterocycles. The van der Waals surface area contributed by atoms with Crippen molar-refractivity contribution in [1.82, 2.24) is 10.2 Å². The number of amides is 1. The first-order valence-electron chi connectivity index (χ1n) is 10.1. The van der Waals surface area contributed by atoms with Gasteiger partial charge in [-0.05, 0) is 64.3 Å². The van der Waals surface area contributed by atoms with E-state index in [1.807, 2.05) is 4.90 Å². The molecule has 1 heterocycles. The summed E-state index contributed by atoms with van der Waals surface area (Å²) in [5.41, 5.74) is -1.53. The zero-order chi connectivity index (χ0) is 23.4. The van der Waals surface area contributed by atoms with E-state index in [0.29, 0.717) is 19.6 Å². The number of carbonyl (C=O) groups excluding carboxylic acids is 2. The van der Waals surface area contributed by atoms with Gasteiger partial charge in [0, 0.05) is 24.1 Å². The second-order valence-electron chi connectivity index (χ2n) is 8.48. The predicted molar refractivity (Wildman–Crippen MR) is 113 cm³/mol. The lowest BCUT2D eigenvalue weighted by Crippen LogP contribution is -2.36. The van der Waals surface area contributed by atoms with Crippen LogP contribution in [-0.4, -0.2) is 48.8 Å². The van der Waals surface area contributed by atoms with Crippen molar-refractivity contribution in [2.45, 2.75) is 52.4 Å². The largest absolute Gasteiger partial charge is 0.462 e. The Balaban J connectivity index is 2.07. The zero-order valence-corrected chi connectivity index (χ0v) is 19.7. The average Bonchev–Trinajstić information content (AvgIpc) is 3.07. The van der Waals surface area contributed by atoms with Crippen molar-refractivity contribution in [2.24, 2.45) is 5.92 Å². The summed E-state index contributed by atoms with van der Waals surface area (Å²) in [7, 11) is 0. The molecule has 1 fully saturated rings. The standard InChI is InChI=1S/C21H28BrF3N2O4/c1-5-30-18(28)14-8-16(21(23,24)25)15(17(22)9-14)12-27-7-6-13(11-27)10-26-19(29)31-20(2,3)4/h8-9,13H,5-7,10-12H2,1-4H3,(H,26,29)/t13-/m1/s1. The van der Waals surface area contributed by atoms with Crippen LogP contribution in [-0.2, 0) is 22.2 Å². The lowest BCUT2D eigenvalue weighted by atomic mass is 10.0. The van der Waals surface area contributed by atoms with E-state index >= 15 is 0 Å². The molecule has 0 bridgehead atoms. The number of esters is 1. The first kappa shape index (κ1) is 25.5. The van der Waals surface area contributed by atoms with Gasteiger partial charge in [0.2, 0.25) is 0 Å². The highest BCUT2D eigenvalue weighted by Gasteiger charge is 2.36. The van der Waals surface area contributed by atoms with Crippen LogP contribution >= 0.6 is 15.9 Å². The number of nitrogens with one attached hydrogen (secondary N) is 1. The number of carbonyl (C=O) groups is 2. The molecular weight excluding hydrogens is 481 g/mol. The summed E-state index contributed by atoms with van der Waals surface area (Å²) in [6.07, 6.45) is -4.38. The van der Waals surface area contributed by atoms with Crippen molar-refractivity contribution in [2.75, 3.05) is 26.2 Å². The van der Waals surface area contributed by atoms with Crippen LogP contribution in [0.15, 0.2) is 16.6 Å². The van der Waals surface area contributed by atoms with Crippen molar-refractivity contribution in [3.05, 3.63) is 33.3 Å². The van der Waals surface area contributed by atoms with Crippen molar-refractivity contribution >= 4 is 28.0 Å². The second kappa shape index (κ2) is 10.2. The Kier molecular flexibility index (Phi) is 8.38. The maximum atomic E-state index is 13.7. The number of likely N-dealkylation sites (tertiary alicyclic amines) is 1. The highest BCUT2D eigenvalue weighted by molar-refractivity contribution is 9.10. The molecule has 1 N–H and O–H groups in total. The molecule has 1 aliphatic rings. The van der Waals surface area contributed by atoms with Crippen LogP contribution in [0.1, 0.15) is 55.6 Å². The SMILES string of the molecule is CCOC(=O)c1cc(Br)c(CN2CC[C@H](CNC(=O)OC(C)(C)C)C2)c(C(F)(F)F)c1. The molecule has 0 radical (unpaired) electrons. The van der Waals surface area contributed by atoms with Crippen LogP contribution in [0.25, 0.3) is 0 Å². The molecular formula is C21H28BrF3N2O4. The van der Waals surface area contributed by atoms with Crippen LogP contribution in [0.2, 0.25) is 0 Å². The van der Waals surface area contributed by atoms with E-state index in [2.05, 4.69) is 21.2 Å². The summed E-state index contributed by atoms with van der Waals surface area (Å²) in [5, 5.41) is 2.72. The molecule has 1 aromatic carbocycles. The Morgan fingerprint density at radius 1 is 1.26 bits per heavy atom. The minimum Gasteiger partial charge on any atom is -0.462 e. The number of alkyl halides is 3. The number of benzene rings is 1. The highest BCUT2D eigenvalue weighted by Crippen LogP contribution is 2.37.